The van der Waals surface area contributed by atoms with Gasteiger partial charge in [-0.2, -0.15) is 0 Å². The molecule has 0 spiro atoms. The first kappa shape index (κ1) is 14.4. The molecule has 1 unspecified atom stereocenters. The number of nitrogens with zero attached hydrogens (tertiary/aromatic N) is 1. The third-order valence-corrected chi connectivity index (χ3v) is 3.56. The number of anilines is 1. The van der Waals surface area contributed by atoms with Crippen LogP contribution in [0.5, 0.6) is 0 Å². The van der Waals surface area contributed by atoms with E-state index in [1.165, 1.54) is 7.11 Å². The van der Waals surface area contributed by atoms with Crippen LogP contribution in [0.25, 0.3) is 0 Å². The molecule has 0 bridgehead atoms. The van der Waals surface area contributed by atoms with Gasteiger partial charge in [0.2, 0.25) is 5.91 Å². The largest absolute Gasteiger partial charge is 0.468 e. The average molecular weight is 276 g/mol. The van der Waals surface area contributed by atoms with Gasteiger partial charge in [0.1, 0.15) is 6.54 Å². The Labute approximate surface area is 118 Å². The van der Waals surface area contributed by atoms with E-state index in [0.29, 0.717) is 6.54 Å². The standard InChI is InChI=1S/C15H20N2O3/c1-10(2)17(9-14(18)20-3)15(19)12-8-16-13-7-5-4-6-11(12)13/h4-7,10,12,16H,8-9H2,1-3H3. The minimum absolute atomic E-state index is 0.00827. The summed E-state index contributed by atoms with van der Waals surface area (Å²) in [5, 5.41) is 3.23. The van der Waals surface area contributed by atoms with Crippen LogP contribution < -0.4 is 5.32 Å². The number of carbonyl (C=O) groups excluding carboxylic acids is 2. The van der Waals surface area contributed by atoms with Gasteiger partial charge in [0, 0.05) is 18.3 Å². The summed E-state index contributed by atoms with van der Waals surface area (Å²) in [5.41, 5.74) is 1.99. The number of para-hydroxylation sites is 1. The maximum absolute atomic E-state index is 12.7. The zero-order valence-corrected chi connectivity index (χ0v) is 12.1. The Morgan fingerprint density at radius 1 is 1.40 bits per heavy atom. The summed E-state index contributed by atoms with van der Waals surface area (Å²) in [6.07, 6.45) is 0. The van der Waals surface area contributed by atoms with Crippen LogP contribution in [-0.2, 0) is 14.3 Å². The molecule has 1 aromatic rings. The predicted molar refractivity (Wildman–Crippen MR) is 76.5 cm³/mol. The van der Waals surface area contributed by atoms with Gasteiger partial charge in [0.15, 0.2) is 0 Å². The Balaban J connectivity index is 2.19. The third-order valence-electron chi connectivity index (χ3n) is 3.56. The zero-order chi connectivity index (χ0) is 14.7. The summed E-state index contributed by atoms with van der Waals surface area (Å²) in [5.74, 6) is -0.674. The number of nitrogens with one attached hydrogen (secondary N) is 1. The predicted octanol–water partition coefficient (Wildman–Crippen LogP) is 1.61. The Kier molecular flexibility index (Phi) is 4.27. The minimum Gasteiger partial charge on any atom is -0.468 e. The van der Waals surface area contributed by atoms with E-state index in [4.69, 9.17) is 0 Å². The lowest BCUT2D eigenvalue weighted by atomic mass is 9.99. The maximum atomic E-state index is 12.7. The number of amides is 1. The van der Waals surface area contributed by atoms with Crippen molar-refractivity contribution in [3.05, 3.63) is 29.8 Å². The van der Waals surface area contributed by atoms with Crippen molar-refractivity contribution in [2.75, 3.05) is 25.5 Å². The second kappa shape index (κ2) is 5.94. The number of fused-ring (bicyclic) bond motifs is 1. The highest BCUT2D eigenvalue weighted by Gasteiger charge is 2.33. The summed E-state index contributed by atoms with van der Waals surface area (Å²) in [7, 11) is 1.33. The summed E-state index contributed by atoms with van der Waals surface area (Å²) in [6.45, 7) is 4.36. The fourth-order valence-corrected chi connectivity index (χ4v) is 2.42. The van der Waals surface area contributed by atoms with Crippen LogP contribution in [0.15, 0.2) is 24.3 Å². The van der Waals surface area contributed by atoms with Crippen molar-refractivity contribution < 1.29 is 14.3 Å². The van der Waals surface area contributed by atoms with Gasteiger partial charge in [-0.3, -0.25) is 9.59 Å². The smallest absolute Gasteiger partial charge is 0.325 e. The number of carbonyl (C=O) groups is 2. The van der Waals surface area contributed by atoms with Crippen molar-refractivity contribution in [2.45, 2.75) is 25.8 Å². The highest BCUT2D eigenvalue weighted by Crippen LogP contribution is 2.32. The molecule has 1 N–H and O–H groups in total. The minimum atomic E-state index is -0.397. The number of rotatable bonds is 4. The molecule has 0 radical (unpaired) electrons. The van der Waals surface area contributed by atoms with Crippen LogP contribution in [-0.4, -0.2) is 43.0 Å². The molecule has 20 heavy (non-hydrogen) atoms. The van der Waals surface area contributed by atoms with Crippen molar-refractivity contribution in [1.29, 1.82) is 0 Å². The molecule has 1 amide bonds. The van der Waals surface area contributed by atoms with E-state index in [1.54, 1.807) is 4.90 Å². The van der Waals surface area contributed by atoms with Gasteiger partial charge < -0.3 is 15.0 Å². The summed E-state index contributed by atoms with van der Waals surface area (Å²) in [4.78, 5) is 25.7. The molecule has 0 aliphatic carbocycles. The number of benzene rings is 1. The van der Waals surface area contributed by atoms with Crippen molar-refractivity contribution in [3.63, 3.8) is 0 Å². The highest BCUT2D eigenvalue weighted by molar-refractivity contribution is 5.90. The van der Waals surface area contributed by atoms with Gasteiger partial charge in [-0.25, -0.2) is 0 Å². The van der Waals surface area contributed by atoms with E-state index in [0.717, 1.165) is 11.3 Å². The van der Waals surface area contributed by atoms with Crippen molar-refractivity contribution in [2.24, 2.45) is 0 Å². The van der Waals surface area contributed by atoms with E-state index in [1.807, 2.05) is 38.1 Å². The molecule has 1 aliphatic rings. The molecular weight excluding hydrogens is 256 g/mol. The van der Waals surface area contributed by atoms with E-state index in [2.05, 4.69) is 10.1 Å². The molecule has 2 rings (SSSR count). The van der Waals surface area contributed by atoms with Gasteiger partial charge in [-0.15, -0.1) is 0 Å². The molecule has 1 heterocycles. The fourth-order valence-electron chi connectivity index (χ4n) is 2.42. The molecule has 5 heteroatoms. The number of methoxy groups -OCH3 is 1. The molecule has 0 fully saturated rings. The van der Waals surface area contributed by atoms with E-state index in [9.17, 15) is 9.59 Å². The van der Waals surface area contributed by atoms with Crippen LogP contribution in [0.4, 0.5) is 5.69 Å². The van der Waals surface area contributed by atoms with Crippen LogP contribution in [0.3, 0.4) is 0 Å². The highest BCUT2D eigenvalue weighted by atomic mass is 16.5. The Morgan fingerprint density at radius 2 is 2.10 bits per heavy atom. The Bertz CT molecular complexity index is 514. The topological polar surface area (TPSA) is 58.6 Å². The van der Waals surface area contributed by atoms with E-state index < -0.39 is 5.97 Å². The first-order valence-corrected chi connectivity index (χ1v) is 6.74. The molecule has 1 aliphatic heterocycles. The molecule has 0 saturated heterocycles. The van der Waals surface area contributed by atoms with Crippen LogP contribution >= 0.6 is 0 Å². The summed E-state index contributed by atoms with van der Waals surface area (Å²) in [6, 6.07) is 7.73. The molecule has 1 atom stereocenters. The van der Waals surface area contributed by atoms with Crippen molar-refractivity contribution in [1.82, 2.24) is 4.90 Å². The number of esters is 1. The molecule has 1 aromatic carbocycles. The third kappa shape index (κ3) is 2.76. The lowest BCUT2D eigenvalue weighted by Gasteiger charge is -2.28. The first-order chi connectivity index (χ1) is 9.54. The van der Waals surface area contributed by atoms with Crippen molar-refractivity contribution in [3.8, 4) is 0 Å². The van der Waals surface area contributed by atoms with Gasteiger partial charge in [-0.1, -0.05) is 18.2 Å². The van der Waals surface area contributed by atoms with Crippen molar-refractivity contribution >= 4 is 17.6 Å². The summed E-state index contributed by atoms with van der Waals surface area (Å²) >= 11 is 0. The number of hydrogen-bond acceptors (Lipinski definition) is 4. The Hall–Kier alpha value is -2.04. The van der Waals surface area contributed by atoms with Crippen LogP contribution in [0.1, 0.15) is 25.3 Å². The number of ether oxygens (including phenoxy) is 1. The lowest BCUT2D eigenvalue weighted by Crippen LogP contribution is -2.44. The molecule has 0 aromatic heterocycles. The maximum Gasteiger partial charge on any atom is 0.325 e. The normalized spacial score (nSPS) is 16.5. The Morgan fingerprint density at radius 3 is 2.75 bits per heavy atom. The molecule has 5 nitrogen and oxygen atoms in total. The van der Waals surface area contributed by atoms with Gasteiger partial charge >= 0.3 is 5.97 Å². The molecular formula is C15H20N2O3. The number of hydrogen-bond donors (Lipinski definition) is 1. The van der Waals surface area contributed by atoms with Gasteiger partial charge in [0.25, 0.3) is 0 Å². The van der Waals surface area contributed by atoms with Crippen LogP contribution in [0.2, 0.25) is 0 Å². The average Bonchev–Trinajstić information content (AvgIpc) is 2.87. The van der Waals surface area contributed by atoms with Gasteiger partial charge in [0.05, 0.1) is 13.0 Å². The fraction of sp³-hybridized carbons (Fsp3) is 0.467. The van der Waals surface area contributed by atoms with Crippen LogP contribution in [0, 0.1) is 0 Å². The van der Waals surface area contributed by atoms with E-state index in [-0.39, 0.29) is 24.4 Å². The molecule has 0 saturated carbocycles. The zero-order valence-electron chi connectivity index (χ0n) is 12.1. The second-order valence-electron chi connectivity index (χ2n) is 5.16. The monoisotopic (exact) mass is 276 g/mol. The quantitative estimate of drug-likeness (QED) is 0.849. The lowest BCUT2D eigenvalue weighted by molar-refractivity contribution is -0.148. The second-order valence-corrected chi connectivity index (χ2v) is 5.16. The van der Waals surface area contributed by atoms with E-state index >= 15 is 0 Å². The first-order valence-electron chi connectivity index (χ1n) is 6.74. The van der Waals surface area contributed by atoms with Gasteiger partial charge in [-0.05, 0) is 25.5 Å². The summed E-state index contributed by atoms with van der Waals surface area (Å²) < 4.78 is 4.66. The molecule has 108 valence electrons. The SMILES string of the molecule is COC(=O)CN(C(=O)C1CNc2ccccc21)C(C)C.